The van der Waals surface area contributed by atoms with E-state index in [1.807, 2.05) is 22.6 Å². The molecule has 2 aromatic rings. The lowest BCUT2D eigenvalue weighted by Gasteiger charge is -2.10. The van der Waals surface area contributed by atoms with Gasteiger partial charge in [-0.3, -0.25) is 4.72 Å². The van der Waals surface area contributed by atoms with Gasteiger partial charge >= 0.3 is 0 Å². The molecule has 23 heavy (non-hydrogen) atoms. The lowest BCUT2D eigenvalue weighted by atomic mass is 10.3. The van der Waals surface area contributed by atoms with Crippen LogP contribution in [0.15, 0.2) is 60.0 Å². The van der Waals surface area contributed by atoms with Crippen molar-refractivity contribution >= 4 is 38.3 Å². The number of rotatable bonds is 7. The van der Waals surface area contributed by atoms with Crippen LogP contribution < -0.4 is 14.2 Å². The van der Waals surface area contributed by atoms with Crippen molar-refractivity contribution in [2.45, 2.75) is 4.90 Å². The van der Waals surface area contributed by atoms with Crippen molar-refractivity contribution < 1.29 is 17.9 Å². The monoisotopic (exact) mass is 445 g/mol. The van der Waals surface area contributed by atoms with E-state index >= 15 is 0 Å². The first-order valence-electron chi connectivity index (χ1n) is 6.66. The van der Waals surface area contributed by atoms with Crippen LogP contribution in [0.5, 0.6) is 11.5 Å². The Bertz CT molecular complexity index is 788. The van der Waals surface area contributed by atoms with Crippen molar-refractivity contribution in [3.8, 4) is 11.5 Å². The van der Waals surface area contributed by atoms with Crippen molar-refractivity contribution in [3.05, 3.63) is 58.7 Å². The summed E-state index contributed by atoms with van der Waals surface area (Å²) in [5, 5.41) is 0. The second kappa shape index (κ2) is 7.69. The van der Waals surface area contributed by atoms with Gasteiger partial charge in [0.1, 0.15) is 18.1 Å². The molecule has 0 aliphatic carbocycles. The van der Waals surface area contributed by atoms with Crippen LogP contribution in [0, 0.1) is 3.57 Å². The van der Waals surface area contributed by atoms with Crippen molar-refractivity contribution in [1.29, 1.82) is 0 Å². The summed E-state index contributed by atoms with van der Waals surface area (Å²) in [4.78, 5) is 0.176. The molecule has 5 nitrogen and oxygen atoms in total. The highest BCUT2D eigenvalue weighted by molar-refractivity contribution is 14.1. The van der Waals surface area contributed by atoms with E-state index in [0.29, 0.717) is 23.8 Å². The van der Waals surface area contributed by atoms with Gasteiger partial charge in [0.05, 0.1) is 15.6 Å². The molecule has 7 heteroatoms. The molecule has 2 aromatic carbocycles. The first kappa shape index (κ1) is 17.6. The first-order valence-corrected chi connectivity index (χ1v) is 9.22. The molecular weight excluding hydrogens is 429 g/mol. The molecule has 2 rings (SSSR count). The third-order valence-electron chi connectivity index (χ3n) is 2.91. The molecular formula is C16H16INO4S. The zero-order chi connectivity index (χ0) is 16.9. The van der Waals surface area contributed by atoms with Crippen molar-refractivity contribution in [2.75, 3.05) is 18.4 Å². The summed E-state index contributed by atoms with van der Waals surface area (Å²) in [6, 6.07) is 11.4. The first-order chi connectivity index (χ1) is 11.0. The van der Waals surface area contributed by atoms with Crippen LogP contribution in [0.1, 0.15) is 0 Å². The zero-order valence-corrected chi connectivity index (χ0v) is 15.4. The van der Waals surface area contributed by atoms with Crippen LogP contribution >= 0.6 is 22.6 Å². The minimum absolute atomic E-state index is 0.176. The van der Waals surface area contributed by atoms with Gasteiger partial charge in [0.2, 0.25) is 0 Å². The maximum Gasteiger partial charge on any atom is 0.261 e. The van der Waals surface area contributed by atoms with Gasteiger partial charge in [-0.2, -0.15) is 0 Å². The maximum absolute atomic E-state index is 12.4. The average molecular weight is 445 g/mol. The molecule has 0 saturated heterocycles. The predicted octanol–water partition coefficient (Wildman–Crippen LogP) is 3.67. The van der Waals surface area contributed by atoms with E-state index < -0.39 is 10.0 Å². The van der Waals surface area contributed by atoms with E-state index in [9.17, 15) is 8.42 Å². The van der Waals surface area contributed by atoms with Crippen molar-refractivity contribution in [2.24, 2.45) is 0 Å². The summed E-state index contributed by atoms with van der Waals surface area (Å²) in [6.07, 6.45) is 1.64. The summed E-state index contributed by atoms with van der Waals surface area (Å²) in [6.45, 7) is 3.97. The standard InChI is InChI=1S/C16H16INO4S/c1-3-10-22-13-6-4-12(5-7-13)18-23(19,20)14-8-9-16(21-2)15(17)11-14/h3-9,11,18H,1,10H2,2H3. The van der Waals surface area contributed by atoms with Crippen LogP contribution in [-0.2, 0) is 10.0 Å². The van der Waals surface area contributed by atoms with Gasteiger partial charge in [0, 0.05) is 5.69 Å². The maximum atomic E-state index is 12.4. The van der Waals surface area contributed by atoms with Crippen LogP contribution in [0.2, 0.25) is 0 Å². The number of benzene rings is 2. The fourth-order valence-electron chi connectivity index (χ4n) is 1.80. The molecule has 0 aromatic heterocycles. The molecule has 0 heterocycles. The van der Waals surface area contributed by atoms with Crippen molar-refractivity contribution in [1.82, 2.24) is 0 Å². The molecule has 0 bridgehead atoms. The van der Waals surface area contributed by atoms with Gasteiger partial charge in [-0.25, -0.2) is 8.42 Å². The van der Waals surface area contributed by atoms with Gasteiger partial charge in [-0.05, 0) is 65.1 Å². The summed E-state index contributed by atoms with van der Waals surface area (Å²) < 4.78 is 38.6. The third-order valence-corrected chi connectivity index (χ3v) is 5.13. The number of methoxy groups -OCH3 is 1. The summed E-state index contributed by atoms with van der Waals surface area (Å²) >= 11 is 2.03. The Morgan fingerprint density at radius 2 is 1.91 bits per heavy atom. The van der Waals surface area contributed by atoms with E-state index in [2.05, 4.69) is 11.3 Å². The molecule has 1 N–H and O–H groups in total. The Morgan fingerprint density at radius 3 is 2.48 bits per heavy atom. The Hall–Kier alpha value is -1.74. The highest BCUT2D eigenvalue weighted by atomic mass is 127. The van der Waals surface area contributed by atoms with Crippen molar-refractivity contribution in [3.63, 3.8) is 0 Å². The molecule has 0 radical (unpaired) electrons. The number of anilines is 1. The Kier molecular flexibility index (Phi) is 5.89. The van der Waals surface area contributed by atoms with E-state index in [-0.39, 0.29) is 4.90 Å². The van der Waals surface area contributed by atoms with E-state index in [1.165, 1.54) is 6.07 Å². The van der Waals surface area contributed by atoms with Gasteiger partial charge < -0.3 is 9.47 Å². The summed E-state index contributed by atoms with van der Waals surface area (Å²) in [7, 11) is -2.12. The summed E-state index contributed by atoms with van der Waals surface area (Å²) in [5.74, 6) is 1.28. The molecule has 0 amide bonds. The van der Waals surface area contributed by atoms with Gasteiger partial charge in [0.25, 0.3) is 10.0 Å². The molecule has 0 aliphatic rings. The number of halogens is 1. The molecule has 0 atom stereocenters. The highest BCUT2D eigenvalue weighted by Gasteiger charge is 2.16. The molecule has 0 fully saturated rings. The number of ether oxygens (including phenoxy) is 2. The summed E-state index contributed by atoms with van der Waals surface area (Å²) in [5.41, 5.74) is 0.460. The largest absolute Gasteiger partial charge is 0.496 e. The number of hydrogen-bond donors (Lipinski definition) is 1. The Morgan fingerprint density at radius 1 is 1.22 bits per heavy atom. The van der Waals surface area contributed by atoms with Gasteiger partial charge in [-0.15, -0.1) is 0 Å². The normalized spacial score (nSPS) is 10.9. The Balaban J connectivity index is 2.17. The number of nitrogens with one attached hydrogen (secondary N) is 1. The lowest BCUT2D eigenvalue weighted by molar-refractivity contribution is 0.363. The van der Waals surface area contributed by atoms with Crippen LogP contribution in [0.3, 0.4) is 0 Å². The fraction of sp³-hybridized carbons (Fsp3) is 0.125. The lowest BCUT2D eigenvalue weighted by Crippen LogP contribution is -2.13. The molecule has 0 unspecified atom stereocenters. The second-order valence-electron chi connectivity index (χ2n) is 4.53. The minimum Gasteiger partial charge on any atom is -0.496 e. The molecule has 0 spiro atoms. The van der Waals surface area contributed by atoms with Gasteiger partial charge in [0.15, 0.2) is 0 Å². The SMILES string of the molecule is C=CCOc1ccc(NS(=O)(=O)c2ccc(OC)c(I)c2)cc1. The predicted molar refractivity (Wildman–Crippen MR) is 98.7 cm³/mol. The molecule has 0 aliphatic heterocycles. The second-order valence-corrected chi connectivity index (χ2v) is 7.37. The van der Waals surface area contributed by atoms with E-state index in [1.54, 1.807) is 49.6 Å². The van der Waals surface area contributed by atoms with E-state index in [4.69, 9.17) is 9.47 Å². The third kappa shape index (κ3) is 4.61. The van der Waals surface area contributed by atoms with Crippen LogP contribution in [0.4, 0.5) is 5.69 Å². The topological polar surface area (TPSA) is 64.6 Å². The highest BCUT2D eigenvalue weighted by Crippen LogP contribution is 2.25. The smallest absolute Gasteiger partial charge is 0.261 e. The van der Waals surface area contributed by atoms with Crippen LogP contribution in [-0.4, -0.2) is 22.1 Å². The zero-order valence-electron chi connectivity index (χ0n) is 12.5. The minimum atomic E-state index is -3.66. The number of sulfonamides is 1. The molecule has 122 valence electrons. The average Bonchev–Trinajstić information content (AvgIpc) is 2.54. The fourth-order valence-corrected chi connectivity index (χ4v) is 3.83. The van der Waals surface area contributed by atoms with E-state index in [0.717, 1.165) is 3.57 Å². The quantitative estimate of drug-likeness (QED) is 0.522. The molecule has 0 saturated carbocycles. The van der Waals surface area contributed by atoms with Gasteiger partial charge in [-0.1, -0.05) is 12.7 Å². The number of hydrogen-bond acceptors (Lipinski definition) is 4. The Labute approximate surface area is 149 Å². The van der Waals surface area contributed by atoms with Crippen LogP contribution in [0.25, 0.3) is 0 Å².